The van der Waals surface area contributed by atoms with Crippen molar-refractivity contribution in [2.24, 2.45) is 15.9 Å². The van der Waals surface area contributed by atoms with Gasteiger partial charge in [-0.05, 0) is 37.0 Å². The first kappa shape index (κ1) is 13.8. The van der Waals surface area contributed by atoms with Gasteiger partial charge in [-0.15, -0.1) is 0 Å². The molecule has 19 heavy (non-hydrogen) atoms. The van der Waals surface area contributed by atoms with Crippen molar-refractivity contribution in [3.05, 3.63) is 29.8 Å². The van der Waals surface area contributed by atoms with Crippen LogP contribution in [0.3, 0.4) is 0 Å². The van der Waals surface area contributed by atoms with Crippen LogP contribution in [0.4, 0.5) is 0 Å². The lowest BCUT2D eigenvalue weighted by atomic mass is 10.1. The smallest absolute Gasteiger partial charge is 0.238 e. The molecule has 0 aromatic heterocycles. The summed E-state index contributed by atoms with van der Waals surface area (Å²) in [7, 11) is -3.62. The summed E-state index contributed by atoms with van der Waals surface area (Å²) in [6.45, 7) is 0.570. The Bertz CT molecular complexity index is 562. The second-order valence-electron chi connectivity index (χ2n) is 4.62. The van der Waals surface area contributed by atoms with Crippen molar-refractivity contribution in [2.75, 3.05) is 6.54 Å². The zero-order valence-electron chi connectivity index (χ0n) is 10.5. The monoisotopic (exact) mass is 282 g/mol. The summed E-state index contributed by atoms with van der Waals surface area (Å²) in [6, 6.07) is 6.97. The van der Waals surface area contributed by atoms with Crippen molar-refractivity contribution in [3.63, 3.8) is 0 Å². The van der Waals surface area contributed by atoms with Crippen molar-refractivity contribution < 1.29 is 8.42 Å². The highest BCUT2D eigenvalue weighted by Crippen LogP contribution is 2.18. The third-order valence-electron chi connectivity index (χ3n) is 2.86. The fourth-order valence-electron chi connectivity index (χ4n) is 1.63. The van der Waals surface area contributed by atoms with Gasteiger partial charge in [-0.3, -0.25) is 4.99 Å². The maximum atomic E-state index is 11.1. The highest BCUT2D eigenvalue weighted by molar-refractivity contribution is 7.89. The molecule has 0 heterocycles. The molecule has 0 atom stereocenters. The van der Waals surface area contributed by atoms with E-state index in [9.17, 15) is 8.42 Å². The van der Waals surface area contributed by atoms with Gasteiger partial charge in [0.15, 0.2) is 5.96 Å². The normalized spacial score (nSPS) is 16.4. The predicted octanol–water partition coefficient (Wildman–Crippen LogP) is -0.0568. The summed E-state index contributed by atoms with van der Waals surface area (Å²) in [5.74, 6) is 0.476. The van der Waals surface area contributed by atoms with Gasteiger partial charge in [0.05, 0.1) is 4.90 Å². The summed E-state index contributed by atoms with van der Waals surface area (Å²) < 4.78 is 22.2. The number of rotatable bonds is 5. The van der Waals surface area contributed by atoms with Crippen molar-refractivity contribution in [3.8, 4) is 0 Å². The van der Waals surface area contributed by atoms with E-state index in [1.54, 1.807) is 12.1 Å². The molecule has 0 bridgehead atoms. The molecule has 0 amide bonds. The zero-order valence-corrected chi connectivity index (χ0v) is 11.4. The number of sulfonamides is 1. The van der Waals surface area contributed by atoms with Gasteiger partial charge in [0.2, 0.25) is 10.0 Å². The van der Waals surface area contributed by atoms with Gasteiger partial charge in [-0.25, -0.2) is 13.6 Å². The van der Waals surface area contributed by atoms with Crippen LogP contribution >= 0.6 is 0 Å². The lowest BCUT2D eigenvalue weighted by Crippen LogP contribution is -2.33. The SMILES string of the molecule is NC(=NCCc1ccc(S(N)(=O)=O)cc1)NC1CC1. The molecule has 0 saturated heterocycles. The molecular formula is C12H18N4O2S. The Labute approximate surface area is 113 Å². The first-order valence-electron chi connectivity index (χ1n) is 6.13. The number of nitrogens with two attached hydrogens (primary N) is 2. The summed E-state index contributed by atoms with van der Waals surface area (Å²) in [6.07, 6.45) is 3.02. The number of primary sulfonamides is 1. The molecule has 1 aromatic carbocycles. The second-order valence-corrected chi connectivity index (χ2v) is 6.19. The Morgan fingerprint density at radius 1 is 1.32 bits per heavy atom. The van der Waals surface area contributed by atoms with E-state index in [1.165, 1.54) is 12.1 Å². The molecule has 1 aliphatic carbocycles. The Morgan fingerprint density at radius 2 is 1.95 bits per heavy atom. The quantitative estimate of drug-likeness (QED) is 0.519. The third kappa shape index (κ3) is 4.53. The largest absolute Gasteiger partial charge is 0.370 e. The predicted molar refractivity (Wildman–Crippen MR) is 74.2 cm³/mol. The van der Waals surface area contributed by atoms with Crippen LogP contribution in [0.25, 0.3) is 0 Å². The van der Waals surface area contributed by atoms with Gasteiger partial charge in [-0.2, -0.15) is 0 Å². The lowest BCUT2D eigenvalue weighted by molar-refractivity contribution is 0.598. The van der Waals surface area contributed by atoms with Crippen LogP contribution in [0.2, 0.25) is 0 Å². The number of hydrogen-bond acceptors (Lipinski definition) is 3. The number of aliphatic imine (C=N–C) groups is 1. The van der Waals surface area contributed by atoms with Crippen molar-refractivity contribution in [2.45, 2.75) is 30.2 Å². The third-order valence-corrected chi connectivity index (χ3v) is 3.79. The molecule has 5 N–H and O–H groups in total. The molecule has 6 nitrogen and oxygen atoms in total. The Balaban J connectivity index is 1.85. The van der Waals surface area contributed by atoms with Crippen LogP contribution < -0.4 is 16.2 Å². The van der Waals surface area contributed by atoms with Gasteiger partial charge >= 0.3 is 0 Å². The number of hydrogen-bond donors (Lipinski definition) is 3. The maximum Gasteiger partial charge on any atom is 0.238 e. The van der Waals surface area contributed by atoms with Crippen molar-refractivity contribution in [1.29, 1.82) is 0 Å². The number of nitrogens with one attached hydrogen (secondary N) is 1. The number of nitrogens with zero attached hydrogens (tertiary/aromatic N) is 1. The van der Waals surface area contributed by atoms with Crippen LogP contribution in [0.5, 0.6) is 0 Å². The van der Waals surface area contributed by atoms with Crippen LogP contribution in [-0.2, 0) is 16.4 Å². The van der Waals surface area contributed by atoms with Gasteiger partial charge in [0.25, 0.3) is 0 Å². The van der Waals surface area contributed by atoms with E-state index >= 15 is 0 Å². The van der Waals surface area contributed by atoms with Crippen LogP contribution in [0.1, 0.15) is 18.4 Å². The fourth-order valence-corrected chi connectivity index (χ4v) is 2.15. The zero-order chi connectivity index (χ0) is 13.9. The first-order chi connectivity index (χ1) is 8.95. The highest BCUT2D eigenvalue weighted by atomic mass is 32.2. The molecule has 1 saturated carbocycles. The van der Waals surface area contributed by atoms with E-state index < -0.39 is 10.0 Å². The van der Waals surface area contributed by atoms with Crippen LogP contribution in [-0.4, -0.2) is 27.0 Å². The molecular weight excluding hydrogens is 264 g/mol. The molecule has 7 heteroatoms. The minimum Gasteiger partial charge on any atom is -0.370 e. The topological polar surface area (TPSA) is 111 Å². The average Bonchev–Trinajstić information content (AvgIpc) is 3.12. The van der Waals surface area contributed by atoms with Crippen LogP contribution in [0.15, 0.2) is 34.2 Å². The van der Waals surface area contributed by atoms with E-state index in [-0.39, 0.29) is 4.90 Å². The molecule has 0 aliphatic heterocycles. The molecule has 104 valence electrons. The summed E-state index contributed by atoms with van der Waals surface area (Å²) in [5.41, 5.74) is 6.70. The molecule has 0 spiro atoms. The maximum absolute atomic E-state index is 11.1. The Kier molecular flexibility index (Phi) is 4.06. The van der Waals surface area contributed by atoms with Gasteiger partial charge in [-0.1, -0.05) is 12.1 Å². The van der Waals surface area contributed by atoms with E-state index in [2.05, 4.69) is 10.3 Å². The number of guanidine groups is 1. The molecule has 0 unspecified atom stereocenters. The lowest BCUT2D eigenvalue weighted by Gasteiger charge is -2.04. The van der Waals surface area contributed by atoms with E-state index in [1.807, 2.05) is 0 Å². The summed E-state index contributed by atoms with van der Waals surface area (Å²) in [5, 5.41) is 8.13. The molecule has 1 aromatic rings. The Morgan fingerprint density at radius 3 is 2.47 bits per heavy atom. The van der Waals surface area contributed by atoms with E-state index in [0.29, 0.717) is 25.0 Å². The standard InChI is InChI=1S/C12H18N4O2S/c13-12(16-10-3-4-10)15-8-7-9-1-5-11(6-2-9)19(14,17)18/h1-2,5-6,10H,3-4,7-8H2,(H3,13,15,16)(H2,14,17,18). The second kappa shape index (κ2) is 5.58. The molecule has 1 fully saturated rings. The van der Waals surface area contributed by atoms with Crippen LogP contribution in [0, 0.1) is 0 Å². The summed E-state index contributed by atoms with van der Waals surface area (Å²) in [4.78, 5) is 4.33. The first-order valence-corrected chi connectivity index (χ1v) is 7.68. The Hall–Kier alpha value is -1.60. The molecule has 2 rings (SSSR count). The summed E-state index contributed by atoms with van der Waals surface area (Å²) >= 11 is 0. The molecule has 0 radical (unpaired) electrons. The fraction of sp³-hybridized carbons (Fsp3) is 0.417. The van der Waals surface area contributed by atoms with Gasteiger partial charge in [0.1, 0.15) is 0 Å². The van der Waals surface area contributed by atoms with E-state index in [0.717, 1.165) is 18.4 Å². The number of benzene rings is 1. The average molecular weight is 282 g/mol. The minimum atomic E-state index is -3.62. The van der Waals surface area contributed by atoms with Gasteiger partial charge in [0, 0.05) is 12.6 Å². The highest BCUT2D eigenvalue weighted by Gasteiger charge is 2.21. The van der Waals surface area contributed by atoms with E-state index in [4.69, 9.17) is 10.9 Å². The van der Waals surface area contributed by atoms with Crippen molar-refractivity contribution in [1.82, 2.24) is 5.32 Å². The molecule has 1 aliphatic rings. The van der Waals surface area contributed by atoms with Gasteiger partial charge < -0.3 is 11.1 Å². The van der Waals surface area contributed by atoms with Crippen molar-refractivity contribution >= 4 is 16.0 Å². The minimum absolute atomic E-state index is 0.120.